The molecule has 4 fully saturated rings. The second-order valence-electron chi connectivity index (χ2n) is 8.91. The van der Waals surface area contributed by atoms with Crippen LogP contribution in [0.3, 0.4) is 0 Å². The average molecular weight is 334 g/mol. The van der Waals surface area contributed by atoms with Crippen LogP contribution in [0.1, 0.15) is 55.6 Å². The number of nitrogens with zero attached hydrogens (tertiary/aromatic N) is 1. The van der Waals surface area contributed by atoms with Gasteiger partial charge in [-0.1, -0.05) is 29.8 Å². The molecular weight excluding hydrogens is 302 g/mol. The minimum atomic E-state index is 0. The molecule has 1 aromatic rings. The van der Waals surface area contributed by atoms with Gasteiger partial charge in [-0.2, -0.15) is 0 Å². The van der Waals surface area contributed by atoms with Gasteiger partial charge in [0.25, 0.3) is 0 Å². The standard InChI is InChI=1S/C21H31N.ClH/c1-15-5-4-6-18(9-15)20-19-11-16-10-17(12-19)14-21(20,13-16)7-8-22(2)3;/h4-6,9,16-17,19-20H,7-8,10-14H2,1-3H3;1H. The lowest BCUT2D eigenvalue weighted by Crippen LogP contribution is -2.52. The van der Waals surface area contributed by atoms with E-state index >= 15 is 0 Å². The lowest BCUT2D eigenvalue weighted by molar-refractivity contribution is -0.0822. The summed E-state index contributed by atoms with van der Waals surface area (Å²) < 4.78 is 0. The number of rotatable bonds is 4. The van der Waals surface area contributed by atoms with E-state index in [0.717, 1.165) is 23.7 Å². The van der Waals surface area contributed by atoms with Crippen LogP contribution in [0.15, 0.2) is 24.3 Å². The van der Waals surface area contributed by atoms with E-state index in [4.69, 9.17) is 0 Å². The summed E-state index contributed by atoms with van der Waals surface area (Å²) in [5, 5.41) is 0. The first-order valence-electron chi connectivity index (χ1n) is 9.27. The zero-order valence-corrected chi connectivity index (χ0v) is 15.7. The van der Waals surface area contributed by atoms with Crippen LogP contribution in [0.5, 0.6) is 0 Å². The summed E-state index contributed by atoms with van der Waals surface area (Å²) in [6.45, 7) is 3.51. The normalized spacial score (nSPS) is 37.9. The lowest BCUT2D eigenvalue weighted by Gasteiger charge is -2.62. The van der Waals surface area contributed by atoms with Crippen LogP contribution < -0.4 is 0 Å². The predicted octanol–water partition coefficient (Wildman–Crippen LogP) is 5.28. The number of hydrogen-bond acceptors (Lipinski definition) is 1. The van der Waals surface area contributed by atoms with Crippen LogP contribution in [0.2, 0.25) is 0 Å². The van der Waals surface area contributed by atoms with Gasteiger partial charge in [-0.15, -0.1) is 12.4 Å². The van der Waals surface area contributed by atoms with Crippen molar-refractivity contribution in [2.24, 2.45) is 23.2 Å². The Kier molecular flexibility index (Phi) is 4.82. The van der Waals surface area contributed by atoms with Gasteiger partial charge in [0.2, 0.25) is 0 Å². The molecule has 128 valence electrons. The molecule has 0 saturated heterocycles. The molecule has 4 aliphatic rings. The van der Waals surface area contributed by atoms with Gasteiger partial charge in [0.1, 0.15) is 0 Å². The van der Waals surface area contributed by atoms with E-state index in [1.165, 1.54) is 44.2 Å². The summed E-state index contributed by atoms with van der Waals surface area (Å²) in [4.78, 5) is 2.39. The van der Waals surface area contributed by atoms with Gasteiger partial charge in [-0.05, 0) is 101 Å². The monoisotopic (exact) mass is 333 g/mol. The van der Waals surface area contributed by atoms with Gasteiger partial charge in [0, 0.05) is 0 Å². The fraction of sp³-hybridized carbons (Fsp3) is 0.714. The van der Waals surface area contributed by atoms with Crippen molar-refractivity contribution in [3.63, 3.8) is 0 Å². The molecule has 3 atom stereocenters. The van der Waals surface area contributed by atoms with Crippen LogP contribution in [0.25, 0.3) is 0 Å². The Morgan fingerprint density at radius 1 is 1.09 bits per heavy atom. The second-order valence-corrected chi connectivity index (χ2v) is 8.91. The third kappa shape index (κ3) is 3.07. The van der Waals surface area contributed by atoms with Crippen LogP contribution in [-0.2, 0) is 0 Å². The van der Waals surface area contributed by atoms with Crippen molar-refractivity contribution in [2.45, 2.75) is 51.4 Å². The highest BCUT2D eigenvalue weighted by Crippen LogP contribution is 2.67. The summed E-state index contributed by atoms with van der Waals surface area (Å²) in [6, 6.07) is 9.46. The molecule has 1 nitrogen and oxygen atoms in total. The lowest BCUT2D eigenvalue weighted by atomic mass is 9.43. The van der Waals surface area contributed by atoms with Crippen molar-refractivity contribution in [3.8, 4) is 0 Å². The van der Waals surface area contributed by atoms with Crippen molar-refractivity contribution in [1.29, 1.82) is 0 Å². The molecule has 0 N–H and O–H groups in total. The third-order valence-electron chi connectivity index (χ3n) is 6.92. The molecule has 4 saturated carbocycles. The Morgan fingerprint density at radius 3 is 2.39 bits per heavy atom. The molecule has 4 bridgehead atoms. The minimum Gasteiger partial charge on any atom is -0.309 e. The summed E-state index contributed by atoms with van der Waals surface area (Å²) in [7, 11) is 4.48. The Labute approximate surface area is 148 Å². The van der Waals surface area contributed by atoms with E-state index < -0.39 is 0 Å². The number of halogens is 1. The van der Waals surface area contributed by atoms with Gasteiger partial charge in [0.05, 0.1) is 0 Å². The second kappa shape index (κ2) is 6.41. The topological polar surface area (TPSA) is 3.24 Å². The molecule has 0 aromatic heterocycles. The molecule has 5 rings (SSSR count). The summed E-state index contributed by atoms with van der Waals surface area (Å²) >= 11 is 0. The Morgan fingerprint density at radius 2 is 1.78 bits per heavy atom. The van der Waals surface area contributed by atoms with Crippen molar-refractivity contribution in [3.05, 3.63) is 35.4 Å². The molecule has 1 aromatic carbocycles. The Bertz CT molecular complexity index is 539. The fourth-order valence-electron chi connectivity index (χ4n) is 6.50. The van der Waals surface area contributed by atoms with Crippen LogP contribution >= 0.6 is 12.4 Å². The molecule has 0 amide bonds. The summed E-state index contributed by atoms with van der Waals surface area (Å²) in [5.41, 5.74) is 3.70. The van der Waals surface area contributed by atoms with E-state index in [2.05, 4.69) is 50.2 Å². The Balaban J connectivity index is 0.00000156. The Hall–Kier alpha value is -0.530. The fourth-order valence-corrected chi connectivity index (χ4v) is 6.50. The SMILES string of the molecule is Cc1cccc(C2C3CC4CC(C3)CC2(CCN(C)C)C4)c1.Cl. The first-order chi connectivity index (χ1) is 10.6. The molecule has 23 heavy (non-hydrogen) atoms. The highest BCUT2D eigenvalue weighted by atomic mass is 35.5. The predicted molar refractivity (Wildman–Crippen MR) is 100 cm³/mol. The molecule has 3 unspecified atom stereocenters. The maximum Gasteiger partial charge on any atom is -0.00193 e. The first kappa shape index (κ1) is 17.3. The zero-order chi connectivity index (χ0) is 15.3. The summed E-state index contributed by atoms with van der Waals surface area (Å²) in [6.07, 6.45) is 8.99. The number of benzene rings is 1. The van der Waals surface area contributed by atoms with Gasteiger partial charge < -0.3 is 4.90 Å². The van der Waals surface area contributed by atoms with Gasteiger partial charge in [-0.3, -0.25) is 0 Å². The van der Waals surface area contributed by atoms with Gasteiger partial charge in [0.15, 0.2) is 0 Å². The van der Waals surface area contributed by atoms with Crippen molar-refractivity contribution in [1.82, 2.24) is 4.90 Å². The highest BCUT2D eigenvalue weighted by Gasteiger charge is 2.56. The van der Waals surface area contributed by atoms with E-state index in [1.54, 1.807) is 12.0 Å². The van der Waals surface area contributed by atoms with Crippen LogP contribution in [0.4, 0.5) is 0 Å². The smallest absolute Gasteiger partial charge is 0.00193 e. The van der Waals surface area contributed by atoms with Crippen LogP contribution in [-0.4, -0.2) is 25.5 Å². The third-order valence-corrected chi connectivity index (χ3v) is 6.92. The van der Waals surface area contributed by atoms with Crippen molar-refractivity contribution in [2.75, 3.05) is 20.6 Å². The van der Waals surface area contributed by atoms with E-state index in [-0.39, 0.29) is 12.4 Å². The first-order valence-corrected chi connectivity index (χ1v) is 9.27. The molecule has 0 heterocycles. The molecule has 0 radical (unpaired) electrons. The van der Waals surface area contributed by atoms with E-state index in [0.29, 0.717) is 5.41 Å². The van der Waals surface area contributed by atoms with Crippen molar-refractivity contribution >= 4 is 12.4 Å². The molecule has 0 spiro atoms. The van der Waals surface area contributed by atoms with Gasteiger partial charge in [-0.25, -0.2) is 0 Å². The maximum absolute atomic E-state index is 2.49. The zero-order valence-electron chi connectivity index (χ0n) is 14.9. The quantitative estimate of drug-likeness (QED) is 0.724. The van der Waals surface area contributed by atoms with E-state index in [9.17, 15) is 0 Å². The largest absolute Gasteiger partial charge is 0.309 e. The van der Waals surface area contributed by atoms with Gasteiger partial charge >= 0.3 is 0 Å². The van der Waals surface area contributed by atoms with E-state index in [1.807, 2.05) is 0 Å². The molecule has 0 aliphatic heterocycles. The van der Waals surface area contributed by atoms with Crippen molar-refractivity contribution < 1.29 is 0 Å². The molecular formula is C21H32ClN. The minimum absolute atomic E-state index is 0. The molecule has 2 heteroatoms. The van der Waals surface area contributed by atoms with Crippen LogP contribution in [0, 0.1) is 30.1 Å². The highest BCUT2D eigenvalue weighted by molar-refractivity contribution is 5.85. The average Bonchev–Trinajstić information content (AvgIpc) is 2.44. The molecule has 4 aliphatic carbocycles. The summed E-state index contributed by atoms with van der Waals surface area (Å²) in [5.74, 6) is 3.89. The maximum atomic E-state index is 2.49. The number of hydrogen-bond donors (Lipinski definition) is 0. The number of aryl methyl sites for hydroxylation is 1.